The second kappa shape index (κ2) is 8.53. The summed E-state index contributed by atoms with van der Waals surface area (Å²) in [6.45, 7) is 4.00. The molecule has 0 aromatic heterocycles. The van der Waals surface area contributed by atoms with Gasteiger partial charge in [-0.25, -0.2) is 0 Å². The lowest BCUT2D eigenvalue weighted by molar-refractivity contribution is 0.0977. The molecule has 2 aromatic carbocycles. The maximum Gasteiger partial charge on any atom is 0.257 e. The predicted octanol–water partition coefficient (Wildman–Crippen LogP) is 3.46. The summed E-state index contributed by atoms with van der Waals surface area (Å²) in [6.07, 6.45) is 0. The van der Waals surface area contributed by atoms with Gasteiger partial charge >= 0.3 is 0 Å². The van der Waals surface area contributed by atoms with Gasteiger partial charge < -0.3 is 19.5 Å². The third-order valence-corrected chi connectivity index (χ3v) is 4.21. The van der Waals surface area contributed by atoms with Gasteiger partial charge in [0.15, 0.2) is 16.6 Å². The van der Waals surface area contributed by atoms with Crippen molar-refractivity contribution in [2.24, 2.45) is 0 Å². The number of amides is 1. The topological polar surface area (TPSA) is 68.8 Å². The van der Waals surface area contributed by atoms with Gasteiger partial charge in [-0.3, -0.25) is 10.1 Å². The van der Waals surface area contributed by atoms with Crippen molar-refractivity contribution in [3.8, 4) is 17.2 Å². The molecule has 1 amide bonds. The normalized spacial score (nSPS) is 10.0. The van der Waals surface area contributed by atoms with Crippen molar-refractivity contribution in [1.82, 2.24) is 5.32 Å². The molecule has 0 aliphatic heterocycles. The van der Waals surface area contributed by atoms with E-state index in [-0.39, 0.29) is 11.0 Å². The van der Waals surface area contributed by atoms with Crippen LogP contribution in [0.25, 0.3) is 0 Å². The van der Waals surface area contributed by atoms with Crippen molar-refractivity contribution in [3.63, 3.8) is 0 Å². The number of methoxy groups -OCH3 is 3. The molecule has 0 saturated carbocycles. The quantitative estimate of drug-likeness (QED) is 0.781. The van der Waals surface area contributed by atoms with E-state index >= 15 is 0 Å². The van der Waals surface area contributed by atoms with Crippen molar-refractivity contribution in [3.05, 3.63) is 47.0 Å². The summed E-state index contributed by atoms with van der Waals surface area (Å²) in [5.41, 5.74) is 3.38. The van der Waals surface area contributed by atoms with E-state index in [2.05, 4.69) is 10.6 Å². The van der Waals surface area contributed by atoms with E-state index in [0.29, 0.717) is 22.8 Å². The van der Waals surface area contributed by atoms with Gasteiger partial charge in [0.1, 0.15) is 0 Å². The number of nitrogens with one attached hydrogen (secondary N) is 2. The maximum absolute atomic E-state index is 12.5. The highest BCUT2D eigenvalue weighted by molar-refractivity contribution is 7.80. The molecule has 2 N–H and O–H groups in total. The minimum absolute atomic E-state index is 0.206. The van der Waals surface area contributed by atoms with E-state index in [1.165, 1.54) is 21.3 Å². The fourth-order valence-electron chi connectivity index (χ4n) is 2.43. The summed E-state index contributed by atoms with van der Waals surface area (Å²) in [5.74, 6) is 0.825. The van der Waals surface area contributed by atoms with Crippen LogP contribution in [0.4, 0.5) is 5.69 Å². The van der Waals surface area contributed by atoms with Crippen molar-refractivity contribution >= 4 is 28.9 Å². The van der Waals surface area contributed by atoms with Gasteiger partial charge in [0.05, 0.1) is 21.3 Å². The van der Waals surface area contributed by atoms with Gasteiger partial charge in [0, 0.05) is 11.3 Å². The van der Waals surface area contributed by atoms with Crippen LogP contribution in [0.2, 0.25) is 0 Å². The number of aryl methyl sites for hydroxylation is 1. The summed E-state index contributed by atoms with van der Waals surface area (Å²) in [4.78, 5) is 12.5. The van der Waals surface area contributed by atoms with Gasteiger partial charge in [0.2, 0.25) is 5.75 Å². The van der Waals surface area contributed by atoms with E-state index in [1.807, 2.05) is 32.0 Å². The number of hydrogen-bond acceptors (Lipinski definition) is 5. The highest BCUT2D eigenvalue weighted by atomic mass is 32.1. The third kappa shape index (κ3) is 4.23. The molecule has 0 unspecified atom stereocenters. The van der Waals surface area contributed by atoms with Crippen LogP contribution < -0.4 is 24.8 Å². The molecule has 138 valence electrons. The van der Waals surface area contributed by atoms with Crippen LogP contribution in [-0.4, -0.2) is 32.3 Å². The van der Waals surface area contributed by atoms with E-state index in [0.717, 1.165) is 16.8 Å². The lowest BCUT2D eigenvalue weighted by Crippen LogP contribution is -2.34. The van der Waals surface area contributed by atoms with Crippen molar-refractivity contribution in [1.29, 1.82) is 0 Å². The molecule has 0 bridgehead atoms. The van der Waals surface area contributed by atoms with E-state index in [1.54, 1.807) is 12.1 Å². The lowest BCUT2D eigenvalue weighted by atomic mass is 10.1. The minimum Gasteiger partial charge on any atom is -0.493 e. The Bertz CT molecular complexity index is 811. The number of thiocarbonyl (C=S) groups is 1. The Labute approximate surface area is 158 Å². The Balaban J connectivity index is 2.19. The molecule has 0 heterocycles. The largest absolute Gasteiger partial charge is 0.493 e. The monoisotopic (exact) mass is 374 g/mol. The molecule has 0 atom stereocenters. The maximum atomic E-state index is 12.5. The molecule has 0 radical (unpaired) electrons. The van der Waals surface area contributed by atoms with Gasteiger partial charge in [-0.2, -0.15) is 0 Å². The average Bonchev–Trinajstić information content (AvgIpc) is 2.63. The predicted molar refractivity (Wildman–Crippen MR) is 106 cm³/mol. The second-order valence-corrected chi connectivity index (χ2v) is 5.98. The van der Waals surface area contributed by atoms with E-state index in [4.69, 9.17) is 26.4 Å². The molecular weight excluding hydrogens is 352 g/mol. The number of rotatable bonds is 5. The Morgan fingerprint density at radius 3 is 2.15 bits per heavy atom. The minimum atomic E-state index is -0.382. The Morgan fingerprint density at radius 2 is 1.62 bits per heavy atom. The number of benzene rings is 2. The van der Waals surface area contributed by atoms with Crippen molar-refractivity contribution in [2.75, 3.05) is 26.6 Å². The zero-order valence-electron chi connectivity index (χ0n) is 15.4. The Kier molecular flexibility index (Phi) is 6.41. The zero-order valence-corrected chi connectivity index (χ0v) is 16.2. The smallest absolute Gasteiger partial charge is 0.257 e. The Hall–Kier alpha value is -2.80. The fourth-order valence-corrected chi connectivity index (χ4v) is 2.63. The van der Waals surface area contributed by atoms with Crippen LogP contribution in [0.3, 0.4) is 0 Å². The molecule has 0 saturated heterocycles. The SMILES string of the molecule is COc1cc(C(=O)NC(=S)Nc2cccc(C)c2C)cc(OC)c1OC. The average molecular weight is 374 g/mol. The molecule has 6 nitrogen and oxygen atoms in total. The highest BCUT2D eigenvalue weighted by Gasteiger charge is 2.17. The lowest BCUT2D eigenvalue weighted by Gasteiger charge is -2.15. The molecule has 2 rings (SSSR count). The molecule has 7 heteroatoms. The first-order chi connectivity index (χ1) is 12.4. The first kappa shape index (κ1) is 19.5. The summed E-state index contributed by atoms with van der Waals surface area (Å²) >= 11 is 5.26. The highest BCUT2D eigenvalue weighted by Crippen LogP contribution is 2.38. The van der Waals surface area contributed by atoms with Crippen LogP contribution in [0.1, 0.15) is 21.5 Å². The number of carbonyl (C=O) groups is 1. The number of hydrogen-bond donors (Lipinski definition) is 2. The number of carbonyl (C=O) groups excluding carboxylic acids is 1. The van der Waals surface area contributed by atoms with Crippen LogP contribution in [0.15, 0.2) is 30.3 Å². The number of anilines is 1. The van der Waals surface area contributed by atoms with Crippen molar-refractivity contribution in [2.45, 2.75) is 13.8 Å². The van der Waals surface area contributed by atoms with Crippen LogP contribution in [0.5, 0.6) is 17.2 Å². The van der Waals surface area contributed by atoms with Gasteiger partial charge in [-0.15, -0.1) is 0 Å². The van der Waals surface area contributed by atoms with Crippen LogP contribution >= 0.6 is 12.2 Å². The molecule has 2 aromatic rings. The molecule has 26 heavy (non-hydrogen) atoms. The van der Waals surface area contributed by atoms with E-state index in [9.17, 15) is 4.79 Å². The standard InChI is InChI=1S/C19H22N2O4S/c1-11-7-6-8-14(12(11)2)20-19(26)21-18(22)13-9-15(23-3)17(25-5)16(10-13)24-4/h6-10H,1-5H3,(H2,20,21,22,26). The molecule has 0 aliphatic rings. The van der Waals surface area contributed by atoms with Crippen LogP contribution in [0, 0.1) is 13.8 Å². The molecule has 0 aliphatic carbocycles. The van der Waals surface area contributed by atoms with E-state index < -0.39 is 0 Å². The Morgan fingerprint density at radius 1 is 1.00 bits per heavy atom. The third-order valence-electron chi connectivity index (χ3n) is 4.01. The van der Waals surface area contributed by atoms with Gasteiger partial charge in [-0.05, 0) is 55.4 Å². The first-order valence-electron chi connectivity index (χ1n) is 7.89. The van der Waals surface area contributed by atoms with Crippen LogP contribution in [-0.2, 0) is 0 Å². The van der Waals surface area contributed by atoms with Gasteiger partial charge in [-0.1, -0.05) is 12.1 Å². The fraction of sp³-hybridized carbons (Fsp3) is 0.263. The van der Waals surface area contributed by atoms with Crippen molar-refractivity contribution < 1.29 is 19.0 Å². The first-order valence-corrected chi connectivity index (χ1v) is 8.30. The molecule has 0 spiro atoms. The zero-order chi connectivity index (χ0) is 19.3. The summed E-state index contributed by atoms with van der Waals surface area (Å²) in [6, 6.07) is 8.97. The molecule has 0 fully saturated rings. The number of ether oxygens (including phenoxy) is 3. The summed E-state index contributed by atoms with van der Waals surface area (Å²) < 4.78 is 15.8. The second-order valence-electron chi connectivity index (χ2n) is 5.57. The summed E-state index contributed by atoms with van der Waals surface area (Å²) in [7, 11) is 4.49. The summed E-state index contributed by atoms with van der Waals surface area (Å²) in [5, 5.41) is 5.91. The van der Waals surface area contributed by atoms with Gasteiger partial charge in [0.25, 0.3) is 5.91 Å². The molecular formula is C19H22N2O4S.